The SMILES string of the molecule is CCC1CC(OC)N(C(=O)OC2C=CC([N+](=O)[O-])=CC2)C(c2ccc(F)c(F)c2)C1C(=O)OCc1ccccc1. The first kappa shape index (κ1) is 28.9. The van der Waals surface area contributed by atoms with E-state index >= 15 is 0 Å². The normalized spacial score (nSPS) is 24.2. The molecule has 0 bridgehead atoms. The molecule has 5 unspecified atom stereocenters. The Hall–Kier alpha value is -4.12. The minimum Gasteiger partial charge on any atom is -0.461 e. The standard InChI is InChI=1S/C29H30F2N2O7/c1-3-19-16-25(38-2)32(29(35)40-22-12-10-21(11-13-22)33(36)37)27(20-9-14-23(30)24(31)15-20)26(19)28(34)39-17-18-7-5-4-6-8-18/h4-12,14-15,19,22,25-27H,3,13,16-17H2,1-2H3. The van der Waals surface area contributed by atoms with Crippen LogP contribution in [0, 0.1) is 33.6 Å². The van der Waals surface area contributed by atoms with E-state index < -0.39 is 52.9 Å². The van der Waals surface area contributed by atoms with Crippen LogP contribution in [0.3, 0.4) is 0 Å². The number of ether oxygens (including phenoxy) is 3. The van der Waals surface area contributed by atoms with Gasteiger partial charge in [0.25, 0.3) is 5.70 Å². The van der Waals surface area contributed by atoms with Gasteiger partial charge in [0.15, 0.2) is 11.6 Å². The van der Waals surface area contributed by atoms with Gasteiger partial charge in [-0.05, 0) is 47.8 Å². The predicted molar refractivity (Wildman–Crippen MR) is 139 cm³/mol. The highest BCUT2D eigenvalue weighted by Gasteiger charge is 2.50. The van der Waals surface area contributed by atoms with Crippen LogP contribution in [-0.2, 0) is 25.6 Å². The van der Waals surface area contributed by atoms with Gasteiger partial charge in [-0.3, -0.25) is 19.8 Å². The average Bonchev–Trinajstić information content (AvgIpc) is 2.96. The van der Waals surface area contributed by atoms with E-state index in [0.29, 0.717) is 6.42 Å². The number of halogens is 2. The van der Waals surface area contributed by atoms with Gasteiger partial charge in [0.2, 0.25) is 0 Å². The molecule has 0 saturated carbocycles. The summed E-state index contributed by atoms with van der Waals surface area (Å²) in [5, 5.41) is 11.0. The minimum absolute atomic E-state index is 0.00670. The van der Waals surface area contributed by atoms with E-state index in [9.17, 15) is 28.5 Å². The molecule has 9 nitrogen and oxygen atoms in total. The molecule has 1 saturated heterocycles. The summed E-state index contributed by atoms with van der Waals surface area (Å²) >= 11 is 0. The Morgan fingerprint density at radius 2 is 1.88 bits per heavy atom. The van der Waals surface area contributed by atoms with Crippen molar-refractivity contribution in [1.82, 2.24) is 4.90 Å². The van der Waals surface area contributed by atoms with Crippen molar-refractivity contribution in [3.05, 3.63) is 105 Å². The molecule has 4 rings (SSSR count). The number of carbonyl (C=O) groups excluding carboxylic acids is 2. The number of methoxy groups -OCH3 is 1. The molecule has 212 valence electrons. The number of carbonyl (C=O) groups is 2. The molecule has 40 heavy (non-hydrogen) atoms. The fourth-order valence-electron chi connectivity index (χ4n) is 5.20. The monoisotopic (exact) mass is 556 g/mol. The number of amides is 1. The number of piperidine rings is 1. The number of hydrogen-bond donors (Lipinski definition) is 0. The first-order chi connectivity index (χ1) is 19.2. The Morgan fingerprint density at radius 1 is 1.12 bits per heavy atom. The summed E-state index contributed by atoms with van der Waals surface area (Å²) < 4.78 is 45.4. The molecule has 0 radical (unpaired) electrons. The van der Waals surface area contributed by atoms with E-state index in [1.54, 1.807) is 12.1 Å². The van der Waals surface area contributed by atoms with E-state index in [0.717, 1.165) is 17.7 Å². The van der Waals surface area contributed by atoms with E-state index in [2.05, 4.69) is 0 Å². The van der Waals surface area contributed by atoms with Crippen molar-refractivity contribution in [3.63, 3.8) is 0 Å². The number of esters is 1. The number of allylic oxidation sites excluding steroid dienone is 1. The molecule has 1 aliphatic heterocycles. The van der Waals surface area contributed by atoms with Crippen LogP contribution in [0.2, 0.25) is 0 Å². The van der Waals surface area contributed by atoms with E-state index in [-0.39, 0.29) is 36.6 Å². The van der Waals surface area contributed by atoms with Gasteiger partial charge in [-0.15, -0.1) is 0 Å². The van der Waals surface area contributed by atoms with Gasteiger partial charge < -0.3 is 14.2 Å². The van der Waals surface area contributed by atoms with Crippen molar-refractivity contribution in [3.8, 4) is 0 Å². The van der Waals surface area contributed by atoms with Crippen molar-refractivity contribution >= 4 is 12.1 Å². The highest BCUT2D eigenvalue weighted by Crippen LogP contribution is 2.45. The van der Waals surface area contributed by atoms with Gasteiger partial charge in [0.1, 0.15) is 18.9 Å². The van der Waals surface area contributed by atoms with Crippen molar-refractivity contribution in [1.29, 1.82) is 0 Å². The molecule has 2 aromatic carbocycles. The first-order valence-corrected chi connectivity index (χ1v) is 12.9. The number of hydrogen-bond acceptors (Lipinski definition) is 7. The maximum absolute atomic E-state index is 14.5. The molecule has 1 fully saturated rings. The summed E-state index contributed by atoms with van der Waals surface area (Å²) in [6.07, 6.45) is 2.30. The molecule has 2 aromatic rings. The topological polar surface area (TPSA) is 108 Å². The van der Waals surface area contributed by atoms with Crippen LogP contribution in [0.1, 0.15) is 43.4 Å². The van der Waals surface area contributed by atoms with E-state index in [1.807, 2.05) is 25.1 Å². The fraction of sp³-hybridized carbons (Fsp3) is 0.379. The second-order valence-corrected chi connectivity index (χ2v) is 9.64. The molecule has 1 heterocycles. The number of nitro groups is 1. The molecule has 0 spiro atoms. The zero-order valence-electron chi connectivity index (χ0n) is 22.1. The van der Waals surface area contributed by atoms with Gasteiger partial charge in [0, 0.05) is 19.6 Å². The average molecular weight is 557 g/mol. The Morgan fingerprint density at radius 3 is 2.48 bits per heavy atom. The third-order valence-electron chi connectivity index (χ3n) is 7.25. The van der Waals surface area contributed by atoms with Crippen molar-refractivity contribution in [2.45, 2.75) is 51.2 Å². The molecule has 0 aromatic heterocycles. The fourth-order valence-corrected chi connectivity index (χ4v) is 5.20. The molecule has 2 aliphatic rings. The smallest absolute Gasteiger partial charge is 0.412 e. The summed E-state index contributed by atoms with van der Waals surface area (Å²) in [6.45, 7) is 1.88. The van der Waals surface area contributed by atoms with Gasteiger partial charge in [-0.1, -0.05) is 49.7 Å². The van der Waals surface area contributed by atoms with Crippen LogP contribution in [0.25, 0.3) is 0 Å². The summed E-state index contributed by atoms with van der Waals surface area (Å²) in [7, 11) is 1.40. The Kier molecular flexibility index (Phi) is 9.26. The molecule has 0 N–H and O–H groups in total. The van der Waals surface area contributed by atoms with E-state index in [1.165, 1.54) is 36.3 Å². The quantitative estimate of drug-likeness (QED) is 0.233. The molecule has 1 aliphatic carbocycles. The number of rotatable bonds is 8. The van der Waals surface area contributed by atoms with Gasteiger partial charge in [-0.25, -0.2) is 13.6 Å². The highest BCUT2D eigenvalue weighted by atomic mass is 19.2. The van der Waals surface area contributed by atoms with Gasteiger partial charge in [-0.2, -0.15) is 0 Å². The highest BCUT2D eigenvalue weighted by molar-refractivity contribution is 5.77. The lowest BCUT2D eigenvalue weighted by atomic mass is 9.75. The Labute approximate surface area is 230 Å². The lowest BCUT2D eigenvalue weighted by Gasteiger charge is -2.47. The molecular weight excluding hydrogens is 526 g/mol. The van der Waals surface area contributed by atoms with E-state index in [4.69, 9.17) is 14.2 Å². The zero-order chi connectivity index (χ0) is 28.8. The lowest BCUT2D eigenvalue weighted by Crippen LogP contribution is -2.55. The largest absolute Gasteiger partial charge is 0.461 e. The molecule has 5 atom stereocenters. The summed E-state index contributed by atoms with van der Waals surface area (Å²) in [5.41, 5.74) is 0.820. The zero-order valence-corrected chi connectivity index (χ0v) is 22.1. The Balaban J connectivity index is 1.68. The second-order valence-electron chi connectivity index (χ2n) is 9.64. The third-order valence-corrected chi connectivity index (χ3v) is 7.25. The van der Waals surface area contributed by atoms with Crippen molar-refractivity contribution in [2.75, 3.05) is 7.11 Å². The number of benzene rings is 2. The lowest BCUT2D eigenvalue weighted by molar-refractivity contribution is -0.419. The molecule has 1 amide bonds. The summed E-state index contributed by atoms with van der Waals surface area (Å²) in [4.78, 5) is 39.0. The van der Waals surface area contributed by atoms with Crippen LogP contribution in [-0.4, -0.2) is 41.3 Å². The van der Waals surface area contributed by atoms with Crippen molar-refractivity contribution < 1.29 is 37.5 Å². The number of likely N-dealkylation sites (tertiary alicyclic amines) is 1. The second kappa shape index (κ2) is 12.8. The van der Waals surface area contributed by atoms with Crippen LogP contribution < -0.4 is 0 Å². The van der Waals surface area contributed by atoms with Crippen LogP contribution in [0.4, 0.5) is 13.6 Å². The van der Waals surface area contributed by atoms with Crippen molar-refractivity contribution in [2.24, 2.45) is 11.8 Å². The van der Waals surface area contributed by atoms with Gasteiger partial charge in [0.05, 0.1) is 16.9 Å². The first-order valence-electron chi connectivity index (χ1n) is 12.9. The maximum atomic E-state index is 14.5. The third kappa shape index (κ3) is 6.36. The Bertz CT molecular complexity index is 1300. The van der Waals surface area contributed by atoms with Crippen LogP contribution >= 0.6 is 0 Å². The number of nitrogens with zero attached hydrogens (tertiary/aromatic N) is 2. The summed E-state index contributed by atoms with van der Waals surface area (Å²) in [5.74, 6) is -4.08. The van der Waals surface area contributed by atoms with Gasteiger partial charge >= 0.3 is 12.1 Å². The maximum Gasteiger partial charge on any atom is 0.412 e. The molecular formula is C29H30F2N2O7. The predicted octanol–water partition coefficient (Wildman–Crippen LogP) is 5.70. The minimum atomic E-state index is -1.14. The summed E-state index contributed by atoms with van der Waals surface area (Å²) in [6, 6.07) is 11.2. The van der Waals surface area contributed by atoms with Crippen LogP contribution in [0.5, 0.6) is 0 Å². The van der Waals surface area contributed by atoms with Crippen LogP contribution in [0.15, 0.2) is 72.5 Å². The molecule has 11 heteroatoms.